The number of nitrogens with zero attached hydrogens (tertiary/aromatic N) is 5. The summed E-state index contributed by atoms with van der Waals surface area (Å²) in [6.45, 7) is 27.8. The van der Waals surface area contributed by atoms with Crippen molar-refractivity contribution in [3.05, 3.63) is 278 Å². The smallest absolute Gasteiger partial charge is 0.135 e. The predicted molar refractivity (Wildman–Crippen MR) is 368 cm³/mol. The number of fused-ring (bicyclic) bond motifs is 6. The van der Waals surface area contributed by atoms with E-state index in [4.69, 9.17) is 13.2 Å². The van der Waals surface area contributed by atoms with Crippen LogP contribution in [0.1, 0.15) is 119 Å². The first kappa shape index (κ1) is 48.3. The van der Waals surface area contributed by atoms with Gasteiger partial charge in [-0.1, -0.05) is 257 Å². The molecule has 0 fully saturated rings. The summed E-state index contributed by atoms with van der Waals surface area (Å²) in [5, 5.41) is 0. The number of pyridine rings is 1. The molecule has 0 spiro atoms. The summed E-state index contributed by atoms with van der Waals surface area (Å²) < 4.78 is 92.0. The van der Waals surface area contributed by atoms with Gasteiger partial charge in [0.2, 0.25) is 0 Å². The Morgan fingerprint density at radius 3 is 1.49 bits per heavy atom. The van der Waals surface area contributed by atoms with E-state index >= 15 is 0 Å². The second kappa shape index (κ2) is 23.1. The normalized spacial score (nSPS) is 14.6. The molecule has 10 aromatic carbocycles. The Hall–Kier alpha value is -8.76. The molecule has 442 valence electrons. The van der Waals surface area contributed by atoms with Gasteiger partial charge >= 0.3 is 0 Å². The van der Waals surface area contributed by atoms with Crippen LogP contribution in [0.4, 0.5) is 57.0 Å². The molecule has 0 atom stereocenters. The molecule has 0 radical (unpaired) electrons. The van der Waals surface area contributed by atoms with Crippen LogP contribution in [0, 0.1) is 18.8 Å². The van der Waals surface area contributed by atoms with E-state index in [0.29, 0.717) is 34.0 Å². The van der Waals surface area contributed by atoms with E-state index in [1.54, 1.807) is 0 Å². The minimum atomic E-state index is -0.675. The number of hydrogen-bond donors (Lipinski definition) is 0. The maximum atomic E-state index is 9.58. The summed E-state index contributed by atoms with van der Waals surface area (Å²) in [6.07, 6.45) is 1.89. The van der Waals surface area contributed by atoms with Crippen LogP contribution in [0.25, 0.3) is 55.6 Å². The molecule has 11 aromatic rings. The minimum Gasteiger partial charge on any atom is -0.493 e. The number of para-hydroxylation sites is 4. The fourth-order valence-electron chi connectivity index (χ4n) is 11.8. The first-order valence-corrected chi connectivity index (χ1v) is 29.8. The van der Waals surface area contributed by atoms with E-state index in [1.165, 1.54) is 0 Å². The Morgan fingerprint density at radius 2 is 0.909 bits per heavy atom. The van der Waals surface area contributed by atoms with Crippen molar-refractivity contribution >= 4 is 57.0 Å². The van der Waals surface area contributed by atoms with Crippen LogP contribution in [0.2, 0.25) is 0 Å². The molecule has 13 rings (SSSR count). The van der Waals surface area contributed by atoms with Crippen molar-refractivity contribution in [3.63, 3.8) is 0 Å². The number of rotatable bonds is 9. The van der Waals surface area contributed by atoms with Crippen LogP contribution < -0.4 is 19.6 Å². The first-order chi connectivity index (χ1) is 45.8. The van der Waals surface area contributed by atoms with Gasteiger partial charge < -0.3 is 19.6 Å². The molecule has 0 saturated heterocycles. The minimum absolute atomic E-state index is 0. The van der Waals surface area contributed by atoms with Crippen molar-refractivity contribution in [1.82, 2.24) is 4.98 Å². The molecule has 2 aliphatic rings. The van der Waals surface area contributed by atoms with E-state index in [0.717, 1.165) is 73.0 Å². The van der Waals surface area contributed by atoms with Gasteiger partial charge in [0.15, 0.2) is 0 Å². The summed E-state index contributed by atoms with van der Waals surface area (Å²) in [7, 11) is 0. The molecular formula is C82H76N5Pt-3. The summed E-state index contributed by atoms with van der Waals surface area (Å²) in [5.74, 6) is 0.739. The molecule has 2 aliphatic heterocycles. The van der Waals surface area contributed by atoms with E-state index in [2.05, 4.69) is 200 Å². The van der Waals surface area contributed by atoms with Crippen LogP contribution in [-0.2, 0) is 42.7 Å². The molecule has 0 saturated carbocycles. The van der Waals surface area contributed by atoms with Crippen molar-refractivity contribution in [2.24, 2.45) is 0 Å². The number of anilines is 10. The Bertz CT molecular complexity index is 4820. The van der Waals surface area contributed by atoms with Crippen molar-refractivity contribution in [3.8, 4) is 55.6 Å². The number of aromatic nitrogens is 1. The zero-order valence-corrected chi connectivity index (χ0v) is 54.1. The molecular weight excluding hydrogens is 1250 g/mol. The molecule has 0 amide bonds. The Morgan fingerprint density at radius 1 is 0.409 bits per heavy atom. The van der Waals surface area contributed by atoms with Crippen LogP contribution in [0.3, 0.4) is 0 Å². The number of benzene rings is 10. The second-order valence-corrected chi connectivity index (χ2v) is 26.8. The Kier molecular flexibility index (Phi) is 12.7. The SMILES string of the molecule is [2H]c1c([2H])c([2H])c(-c2cc(C(C)(C)C)cc(-c3c([2H])c([2H])c([2H])c([2H])c3[2H])c2N2[CH-]N(c3[c-]c(N(c4[c-]c5c(cc4)-c4ccccc4-c4ccccc4N5c4cc(C(C)(C)C)ccn4)c4ccccc4)cc(-c4cc(C(C)(C)C)cc(C(C)(C)C)c4)c3)c3ccccc32)c([2H])c1[2H].[Pt]. The fraction of sp³-hybridized carbons (Fsp3) is 0.195. The molecule has 3 heterocycles. The standard InChI is InChI=1S/C82H76N5.Pt/c1-79(2,3)59-42-43-83-77(51-59)87-73-37-25-24-36-69(73)67-34-22-23-35-68(67)70-41-40-64(53-76(70)87)86(63-32-20-15-21-33-63)66-47-58(57-44-60(80(4,5)6)48-61(45-57)81(7,8)9)46-65(52-66)84-54-85(75-39-27-26-38-74(75)84)78-71(55-28-16-13-17-29-55)49-62(82(10,11)12)50-72(78)56-30-18-14-19-31-56;/h13-51,54H,1-12H3;/q-3;/i13D,14D,16D,17D,18D,19D,28D,29D,30D,31D;. The summed E-state index contributed by atoms with van der Waals surface area (Å²) in [4.78, 5) is 13.4. The molecule has 88 heavy (non-hydrogen) atoms. The average Bonchev–Trinajstić information content (AvgIpc) is 1.31. The number of hydrogen-bond acceptors (Lipinski definition) is 5. The van der Waals surface area contributed by atoms with Gasteiger partial charge in [-0.3, -0.25) is 0 Å². The van der Waals surface area contributed by atoms with E-state index < -0.39 is 65.8 Å². The van der Waals surface area contributed by atoms with Gasteiger partial charge in [0.05, 0.1) is 19.4 Å². The van der Waals surface area contributed by atoms with Crippen molar-refractivity contribution in [2.75, 3.05) is 19.6 Å². The van der Waals surface area contributed by atoms with Gasteiger partial charge in [0.1, 0.15) is 5.82 Å². The van der Waals surface area contributed by atoms with Gasteiger partial charge in [0.25, 0.3) is 0 Å². The third-order valence-electron chi connectivity index (χ3n) is 16.6. The monoisotopic (exact) mass is 1340 g/mol. The molecule has 1 aromatic heterocycles. The zero-order valence-electron chi connectivity index (χ0n) is 61.9. The fourth-order valence-corrected chi connectivity index (χ4v) is 11.8. The van der Waals surface area contributed by atoms with Crippen LogP contribution in [0.5, 0.6) is 0 Å². The summed E-state index contributed by atoms with van der Waals surface area (Å²) in [6, 6.07) is 61.1. The largest absolute Gasteiger partial charge is 0.493 e. The second-order valence-electron chi connectivity index (χ2n) is 26.8. The third kappa shape index (κ3) is 11.3. The van der Waals surface area contributed by atoms with Gasteiger partial charge in [-0.25, -0.2) is 4.98 Å². The van der Waals surface area contributed by atoms with Crippen LogP contribution >= 0.6 is 0 Å². The van der Waals surface area contributed by atoms with Gasteiger partial charge in [-0.2, -0.15) is 6.07 Å². The van der Waals surface area contributed by atoms with Gasteiger partial charge in [-0.15, -0.1) is 53.8 Å². The van der Waals surface area contributed by atoms with Crippen molar-refractivity contribution in [2.45, 2.75) is 105 Å². The van der Waals surface area contributed by atoms with Crippen molar-refractivity contribution in [1.29, 1.82) is 0 Å². The van der Waals surface area contributed by atoms with Gasteiger partial charge in [-0.05, 0) is 121 Å². The van der Waals surface area contributed by atoms with E-state index in [-0.39, 0.29) is 65.3 Å². The zero-order chi connectivity index (χ0) is 69.3. The topological polar surface area (TPSA) is 25.9 Å². The Labute approximate surface area is 551 Å². The molecule has 5 nitrogen and oxygen atoms in total. The van der Waals surface area contributed by atoms with Crippen molar-refractivity contribution < 1.29 is 34.8 Å². The summed E-state index contributed by atoms with van der Waals surface area (Å²) >= 11 is 0. The maximum Gasteiger partial charge on any atom is 0.135 e. The van der Waals surface area contributed by atoms with Gasteiger partial charge in [0, 0.05) is 66.7 Å². The molecule has 0 unspecified atom stereocenters. The first-order valence-electron chi connectivity index (χ1n) is 34.8. The van der Waals surface area contributed by atoms with E-state index in [9.17, 15) is 5.48 Å². The molecule has 0 aliphatic carbocycles. The molecule has 6 heteroatoms. The third-order valence-corrected chi connectivity index (χ3v) is 16.6. The molecule has 0 N–H and O–H groups in total. The predicted octanol–water partition coefficient (Wildman–Crippen LogP) is 22.9. The summed E-state index contributed by atoms with van der Waals surface area (Å²) in [5.41, 5.74) is 14.8. The molecule has 0 bridgehead atoms. The van der Waals surface area contributed by atoms with E-state index in [1.807, 2.05) is 98.0 Å². The Balaban J connectivity index is 0.00000914. The van der Waals surface area contributed by atoms with Crippen LogP contribution in [0.15, 0.2) is 236 Å². The van der Waals surface area contributed by atoms with Crippen LogP contribution in [-0.4, -0.2) is 4.98 Å². The maximum absolute atomic E-state index is 9.58. The average molecular weight is 1340 g/mol. The quantitative estimate of drug-likeness (QED) is 0.134.